The lowest BCUT2D eigenvalue weighted by molar-refractivity contribution is -0.140. The van der Waals surface area contributed by atoms with E-state index in [0.717, 1.165) is 9.87 Å². The standard InChI is InChI=1S/C11H15NO4S/c1-8-4-6-10(7-5-8)17(15,16)12(3)9(2)11(13)14/h4-7,9H,1-3H3,(H,13,14). The highest BCUT2D eigenvalue weighted by Crippen LogP contribution is 2.17. The molecule has 94 valence electrons. The molecule has 5 nitrogen and oxygen atoms in total. The van der Waals surface area contributed by atoms with Crippen molar-refractivity contribution in [1.29, 1.82) is 0 Å². The van der Waals surface area contributed by atoms with Crippen LogP contribution >= 0.6 is 0 Å². The summed E-state index contributed by atoms with van der Waals surface area (Å²) in [5.41, 5.74) is 0.942. The topological polar surface area (TPSA) is 74.7 Å². The first-order valence-electron chi connectivity index (χ1n) is 5.04. The fraction of sp³-hybridized carbons (Fsp3) is 0.364. The molecule has 0 saturated carbocycles. The SMILES string of the molecule is Cc1ccc(S(=O)(=O)N(C)C(C)C(=O)O)cc1. The van der Waals surface area contributed by atoms with E-state index in [1.165, 1.54) is 26.1 Å². The molecule has 0 saturated heterocycles. The molecule has 6 heteroatoms. The normalized spacial score (nSPS) is 13.6. The van der Waals surface area contributed by atoms with E-state index in [1.54, 1.807) is 12.1 Å². The first-order valence-corrected chi connectivity index (χ1v) is 6.48. The van der Waals surface area contributed by atoms with Gasteiger partial charge in [-0.25, -0.2) is 8.42 Å². The molecule has 17 heavy (non-hydrogen) atoms. The Bertz CT molecular complexity index is 507. The summed E-state index contributed by atoms with van der Waals surface area (Å²) in [6.07, 6.45) is 0. The lowest BCUT2D eigenvalue weighted by Crippen LogP contribution is -2.40. The van der Waals surface area contributed by atoms with Gasteiger partial charge in [0.05, 0.1) is 4.90 Å². The molecule has 1 atom stereocenters. The Hall–Kier alpha value is -1.40. The summed E-state index contributed by atoms with van der Waals surface area (Å²) in [5, 5.41) is 8.80. The Morgan fingerprint density at radius 2 is 1.76 bits per heavy atom. The summed E-state index contributed by atoms with van der Waals surface area (Å²) < 4.78 is 25.0. The number of nitrogens with zero attached hydrogens (tertiary/aromatic N) is 1. The zero-order chi connectivity index (χ0) is 13.2. The first-order chi connectivity index (χ1) is 7.76. The van der Waals surface area contributed by atoms with E-state index in [4.69, 9.17) is 5.11 Å². The molecule has 0 spiro atoms. The van der Waals surface area contributed by atoms with Gasteiger partial charge in [-0.15, -0.1) is 0 Å². The van der Waals surface area contributed by atoms with Crippen LogP contribution in [0.15, 0.2) is 29.2 Å². The molecule has 0 bridgehead atoms. The highest BCUT2D eigenvalue weighted by molar-refractivity contribution is 7.89. The molecule has 1 unspecified atom stereocenters. The molecule has 0 amide bonds. The lowest BCUT2D eigenvalue weighted by Gasteiger charge is -2.20. The van der Waals surface area contributed by atoms with Crippen LogP contribution in [-0.4, -0.2) is 36.9 Å². The number of carboxylic acid groups (broad SMARTS) is 1. The third-order valence-electron chi connectivity index (χ3n) is 2.60. The summed E-state index contributed by atoms with van der Waals surface area (Å²) in [6, 6.07) is 5.19. The van der Waals surface area contributed by atoms with Crippen molar-refractivity contribution >= 4 is 16.0 Å². The maximum Gasteiger partial charge on any atom is 0.321 e. The van der Waals surface area contributed by atoms with Gasteiger partial charge in [0.25, 0.3) is 0 Å². The minimum absolute atomic E-state index is 0.0960. The maximum absolute atomic E-state index is 12.1. The number of hydrogen-bond donors (Lipinski definition) is 1. The van der Waals surface area contributed by atoms with Crippen molar-refractivity contribution in [2.45, 2.75) is 24.8 Å². The number of likely N-dealkylation sites (N-methyl/N-ethyl adjacent to an activating group) is 1. The van der Waals surface area contributed by atoms with Crippen LogP contribution in [0.25, 0.3) is 0 Å². The molecule has 1 aromatic rings. The number of aliphatic carboxylic acids is 1. The van der Waals surface area contributed by atoms with Gasteiger partial charge in [-0.1, -0.05) is 17.7 Å². The Balaban J connectivity index is 3.11. The van der Waals surface area contributed by atoms with Crippen molar-refractivity contribution in [2.75, 3.05) is 7.05 Å². The zero-order valence-electron chi connectivity index (χ0n) is 9.91. The maximum atomic E-state index is 12.1. The number of carbonyl (C=O) groups is 1. The molecule has 0 fully saturated rings. The third kappa shape index (κ3) is 2.83. The number of aryl methyl sites for hydroxylation is 1. The van der Waals surface area contributed by atoms with Gasteiger partial charge in [0.15, 0.2) is 0 Å². The quantitative estimate of drug-likeness (QED) is 0.876. The monoisotopic (exact) mass is 257 g/mol. The summed E-state index contributed by atoms with van der Waals surface area (Å²) in [4.78, 5) is 10.9. The van der Waals surface area contributed by atoms with Gasteiger partial charge in [-0.3, -0.25) is 4.79 Å². The number of benzene rings is 1. The lowest BCUT2D eigenvalue weighted by atomic mass is 10.2. The second-order valence-electron chi connectivity index (χ2n) is 3.85. The van der Waals surface area contributed by atoms with Crippen LogP contribution in [0.1, 0.15) is 12.5 Å². The molecule has 0 aliphatic heterocycles. The molecular formula is C11H15NO4S. The van der Waals surface area contributed by atoms with Crippen molar-refractivity contribution in [1.82, 2.24) is 4.31 Å². The van der Waals surface area contributed by atoms with Crippen LogP contribution in [0.2, 0.25) is 0 Å². The Morgan fingerprint density at radius 3 is 2.18 bits per heavy atom. The van der Waals surface area contributed by atoms with E-state index in [1.807, 2.05) is 6.92 Å². The van der Waals surface area contributed by atoms with Gasteiger partial charge < -0.3 is 5.11 Å². The number of hydrogen-bond acceptors (Lipinski definition) is 3. The smallest absolute Gasteiger partial charge is 0.321 e. The van der Waals surface area contributed by atoms with E-state index in [9.17, 15) is 13.2 Å². The highest BCUT2D eigenvalue weighted by Gasteiger charge is 2.29. The second-order valence-corrected chi connectivity index (χ2v) is 5.85. The molecule has 0 radical (unpaired) electrons. The van der Waals surface area contributed by atoms with Crippen LogP contribution in [0.5, 0.6) is 0 Å². The molecule has 0 aliphatic carbocycles. The molecule has 1 N–H and O–H groups in total. The van der Waals surface area contributed by atoms with Crippen LogP contribution < -0.4 is 0 Å². The predicted octanol–water partition coefficient (Wildman–Crippen LogP) is 1.09. The van der Waals surface area contributed by atoms with Crippen molar-refractivity contribution < 1.29 is 18.3 Å². The number of sulfonamides is 1. The summed E-state index contributed by atoms with van der Waals surface area (Å²) in [6.45, 7) is 3.17. The number of carboxylic acids is 1. The van der Waals surface area contributed by atoms with Crippen molar-refractivity contribution in [2.24, 2.45) is 0 Å². The first kappa shape index (κ1) is 13.7. The van der Waals surface area contributed by atoms with Gasteiger partial charge in [0.2, 0.25) is 10.0 Å². The van der Waals surface area contributed by atoms with Gasteiger partial charge in [0, 0.05) is 7.05 Å². The summed E-state index contributed by atoms with van der Waals surface area (Å²) in [5.74, 6) is -1.18. The van der Waals surface area contributed by atoms with E-state index in [2.05, 4.69) is 0 Å². The van der Waals surface area contributed by atoms with Gasteiger partial charge >= 0.3 is 5.97 Å². The molecule has 1 aromatic carbocycles. The van der Waals surface area contributed by atoms with Gasteiger partial charge in [-0.05, 0) is 26.0 Å². The van der Waals surface area contributed by atoms with Crippen LogP contribution in [0.4, 0.5) is 0 Å². The largest absolute Gasteiger partial charge is 0.480 e. The average molecular weight is 257 g/mol. The zero-order valence-corrected chi connectivity index (χ0v) is 10.7. The van der Waals surface area contributed by atoms with Crippen molar-refractivity contribution in [3.8, 4) is 0 Å². The minimum Gasteiger partial charge on any atom is -0.480 e. The molecule has 0 heterocycles. The minimum atomic E-state index is -3.75. The van der Waals surface area contributed by atoms with Crippen molar-refractivity contribution in [3.05, 3.63) is 29.8 Å². The third-order valence-corrected chi connectivity index (χ3v) is 4.54. The van der Waals surface area contributed by atoms with Crippen LogP contribution in [0.3, 0.4) is 0 Å². The van der Waals surface area contributed by atoms with E-state index in [0.29, 0.717) is 0 Å². The predicted molar refractivity (Wildman–Crippen MR) is 63.2 cm³/mol. The molecular weight excluding hydrogens is 242 g/mol. The number of rotatable bonds is 4. The van der Waals surface area contributed by atoms with Crippen molar-refractivity contribution in [3.63, 3.8) is 0 Å². The Morgan fingerprint density at radius 1 is 1.29 bits per heavy atom. The van der Waals surface area contributed by atoms with E-state index >= 15 is 0 Å². The average Bonchev–Trinajstić information content (AvgIpc) is 2.27. The fourth-order valence-electron chi connectivity index (χ4n) is 1.24. The Kier molecular flexibility index (Phi) is 3.90. The summed E-state index contributed by atoms with van der Waals surface area (Å²) >= 11 is 0. The van der Waals surface area contributed by atoms with E-state index in [-0.39, 0.29) is 4.90 Å². The second kappa shape index (κ2) is 4.85. The fourth-order valence-corrected chi connectivity index (χ4v) is 2.56. The Labute approximate surface area is 101 Å². The van der Waals surface area contributed by atoms with Crippen LogP contribution in [-0.2, 0) is 14.8 Å². The molecule has 0 aliphatic rings. The van der Waals surface area contributed by atoms with E-state index < -0.39 is 22.0 Å². The highest BCUT2D eigenvalue weighted by atomic mass is 32.2. The van der Waals surface area contributed by atoms with Gasteiger partial charge in [-0.2, -0.15) is 4.31 Å². The summed E-state index contributed by atoms with van der Waals surface area (Å²) in [7, 11) is -2.49. The molecule has 1 rings (SSSR count). The van der Waals surface area contributed by atoms with Crippen LogP contribution in [0, 0.1) is 6.92 Å². The molecule has 0 aromatic heterocycles. The van der Waals surface area contributed by atoms with Gasteiger partial charge in [0.1, 0.15) is 6.04 Å².